The van der Waals surface area contributed by atoms with Gasteiger partial charge in [-0.2, -0.15) is 0 Å². The molecule has 112 valence electrons. The van der Waals surface area contributed by atoms with Crippen molar-refractivity contribution in [3.8, 4) is 0 Å². The van der Waals surface area contributed by atoms with Gasteiger partial charge in [0.05, 0.1) is 34.9 Å². The highest BCUT2D eigenvalue weighted by molar-refractivity contribution is 6.04. The van der Waals surface area contributed by atoms with E-state index in [-0.39, 0.29) is 5.69 Å². The van der Waals surface area contributed by atoms with Gasteiger partial charge in [-0.15, -0.1) is 0 Å². The minimum Gasteiger partial charge on any atom is -0.276 e. The lowest BCUT2D eigenvalue weighted by Crippen LogP contribution is -2.08. The molecule has 0 fully saturated rings. The standard InChI is InChI=1S/C14H17N3O4/c1-3-20-15-12-9-13(17(18)19)10-7-5-6-8-11(10)14(12)16-21-4-2/h5-9,15-16H,3-4H2,1-2H3. The monoisotopic (exact) mass is 291 g/mol. The van der Waals surface area contributed by atoms with Crippen LogP contribution in [0.25, 0.3) is 10.8 Å². The Hall–Kier alpha value is -2.38. The van der Waals surface area contributed by atoms with Crippen LogP contribution in [0.4, 0.5) is 17.1 Å². The molecule has 2 aromatic rings. The molecule has 0 unspecified atom stereocenters. The van der Waals surface area contributed by atoms with Crippen LogP contribution in [-0.2, 0) is 9.68 Å². The van der Waals surface area contributed by atoms with E-state index in [1.54, 1.807) is 18.2 Å². The zero-order valence-corrected chi connectivity index (χ0v) is 11.9. The van der Waals surface area contributed by atoms with E-state index in [1.807, 2.05) is 19.9 Å². The van der Waals surface area contributed by atoms with Gasteiger partial charge in [-0.3, -0.25) is 30.7 Å². The summed E-state index contributed by atoms with van der Waals surface area (Å²) in [7, 11) is 0. The lowest BCUT2D eigenvalue weighted by molar-refractivity contribution is -0.383. The maximum Gasteiger partial charge on any atom is 0.279 e. The van der Waals surface area contributed by atoms with Crippen LogP contribution >= 0.6 is 0 Å². The molecule has 2 aromatic carbocycles. The number of rotatable bonds is 7. The summed E-state index contributed by atoms with van der Waals surface area (Å²) in [5.74, 6) is 0. The molecule has 7 heteroatoms. The Morgan fingerprint density at radius 2 is 1.71 bits per heavy atom. The van der Waals surface area contributed by atoms with Gasteiger partial charge in [-0.05, 0) is 19.9 Å². The van der Waals surface area contributed by atoms with Crippen molar-refractivity contribution >= 4 is 27.8 Å². The minimum atomic E-state index is -0.413. The van der Waals surface area contributed by atoms with Gasteiger partial charge < -0.3 is 0 Å². The first-order chi connectivity index (χ1) is 10.2. The van der Waals surface area contributed by atoms with Gasteiger partial charge in [0.2, 0.25) is 0 Å². The van der Waals surface area contributed by atoms with Crippen LogP contribution in [-0.4, -0.2) is 18.1 Å². The normalized spacial score (nSPS) is 10.6. The third-order valence-corrected chi connectivity index (χ3v) is 2.86. The number of fused-ring (bicyclic) bond motifs is 1. The van der Waals surface area contributed by atoms with Gasteiger partial charge in [0.15, 0.2) is 0 Å². The smallest absolute Gasteiger partial charge is 0.276 e. The van der Waals surface area contributed by atoms with Crippen LogP contribution in [0.1, 0.15) is 13.8 Å². The summed E-state index contributed by atoms with van der Waals surface area (Å²) < 4.78 is 0. The van der Waals surface area contributed by atoms with Crippen molar-refractivity contribution in [1.29, 1.82) is 0 Å². The molecule has 7 nitrogen and oxygen atoms in total. The maximum atomic E-state index is 11.3. The lowest BCUT2D eigenvalue weighted by atomic mass is 10.1. The molecule has 0 aliphatic carbocycles. The van der Waals surface area contributed by atoms with E-state index in [0.717, 1.165) is 0 Å². The predicted octanol–water partition coefficient (Wildman–Crippen LogP) is 3.47. The zero-order valence-electron chi connectivity index (χ0n) is 11.9. The van der Waals surface area contributed by atoms with Crippen molar-refractivity contribution in [1.82, 2.24) is 0 Å². The van der Waals surface area contributed by atoms with Crippen molar-refractivity contribution in [3.63, 3.8) is 0 Å². The fourth-order valence-corrected chi connectivity index (χ4v) is 1.99. The van der Waals surface area contributed by atoms with Gasteiger partial charge in [0.25, 0.3) is 5.69 Å². The largest absolute Gasteiger partial charge is 0.279 e. The number of anilines is 2. The molecule has 0 bridgehead atoms. The van der Waals surface area contributed by atoms with Crippen LogP contribution < -0.4 is 11.0 Å². The second-order valence-electron chi connectivity index (χ2n) is 4.19. The van der Waals surface area contributed by atoms with E-state index in [4.69, 9.17) is 9.68 Å². The van der Waals surface area contributed by atoms with Crippen LogP contribution in [0.15, 0.2) is 30.3 Å². The van der Waals surface area contributed by atoms with Crippen LogP contribution in [0.2, 0.25) is 0 Å². The summed E-state index contributed by atoms with van der Waals surface area (Å²) in [6.45, 7) is 4.54. The highest BCUT2D eigenvalue weighted by atomic mass is 16.7. The first-order valence-corrected chi connectivity index (χ1v) is 6.64. The first-order valence-electron chi connectivity index (χ1n) is 6.64. The fraction of sp³-hybridized carbons (Fsp3) is 0.286. The second-order valence-corrected chi connectivity index (χ2v) is 4.19. The van der Waals surface area contributed by atoms with Gasteiger partial charge >= 0.3 is 0 Å². The molecule has 0 heterocycles. The van der Waals surface area contributed by atoms with E-state index in [0.29, 0.717) is 35.4 Å². The van der Waals surface area contributed by atoms with Gasteiger partial charge in [0.1, 0.15) is 0 Å². The van der Waals surface area contributed by atoms with E-state index in [1.165, 1.54) is 6.07 Å². The van der Waals surface area contributed by atoms with E-state index >= 15 is 0 Å². The maximum absolute atomic E-state index is 11.3. The number of hydrogen-bond acceptors (Lipinski definition) is 6. The number of nitrogens with one attached hydrogen (secondary N) is 2. The number of nitro groups is 1. The summed E-state index contributed by atoms with van der Waals surface area (Å²) in [4.78, 5) is 21.2. The molecule has 0 aliphatic rings. The molecule has 0 amide bonds. The number of nitrogens with zero attached hydrogens (tertiary/aromatic N) is 1. The predicted molar refractivity (Wildman–Crippen MR) is 81.1 cm³/mol. The Kier molecular flexibility index (Phi) is 4.91. The Balaban J connectivity index is 2.63. The van der Waals surface area contributed by atoms with Crippen molar-refractivity contribution in [2.75, 3.05) is 24.2 Å². The molecule has 0 aromatic heterocycles. The minimum absolute atomic E-state index is 0.00912. The summed E-state index contributed by atoms with van der Waals surface area (Å²) in [5, 5.41) is 12.5. The fourth-order valence-electron chi connectivity index (χ4n) is 1.99. The summed E-state index contributed by atoms with van der Waals surface area (Å²) in [6, 6.07) is 8.50. The van der Waals surface area contributed by atoms with E-state index < -0.39 is 4.92 Å². The van der Waals surface area contributed by atoms with Crippen LogP contribution in [0.3, 0.4) is 0 Å². The highest BCUT2D eigenvalue weighted by Crippen LogP contribution is 2.38. The first kappa shape index (κ1) is 15.0. The molecular formula is C14H17N3O4. The number of nitro benzene ring substituents is 1. The lowest BCUT2D eigenvalue weighted by Gasteiger charge is -2.15. The quantitative estimate of drug-likeness (QED) is 0.600. The van der Waals surface area contributed by atoms with Gasteiger partial charge in [0, 0.05) is 11.5 Å². The van der Waals surface area contributed by atoms with Gasteiger partial charge in [-0.25, -0.2) is 0 Å². The Morgan fingerprint density at radius 1 is 1.10 bits per heavy atom. The number of benzene rings is 2. The van der Waals surface area contributed by atoms with Crippen molar-refractivity contribution in [2.45, 2.75) is 13.8 Å². The van der Waals surface area contributed by atoms with Crippen molar-refractivity contribution in [2.24, 2.45) is 0 Å². The van der Waals surface area contributed by atoms with Crippen molar-refractivity contribution in [3.05, 3.63) is 40.4 Å². The molecule has 21 heavy (non-hydrogen) atoms. The Labute approximate surface area is 121 Å². The topological polar surface area (TPSA) is 85.7 Å². The molecule has 0 radical (unpaired) electrons. The second kappa shape index (κ2) is 6.87. The summed E-state index contributed by atoms with van der Waals surface area (Å²) in [6.07, 6.45) is 0. The average molecular weight is 291 g/mol. The molecule has 0 aliphatic heterocycles. The van der Waals surface area contributed by atoms with Crippen LogP contribution in [0, 0.1) is 10.1 Å². The summed E-state index contributed by atoms with van der Waals surface area (Å²) in [5.41, 5.74) is 6.59. The average Bonchev–Trinajstić information content (AvgIpc) is 2.50. The van der Waals surface area contributed by atoms with Crippen LogP contribution in [0.5, 0.6) is 0 Å². The molecule has 0 saturated heterocycles. The van der Waals surface area contributed by atoms with Crippen molar-refractivity contribution < 1.29 is 14.6 Å². The molecule has 0 saturated carbocycles. The highest BCUT2D eigenvalue weighted by Gasteiger charge is 2.19. The molecular weight excluding hydrogens is 274 g/mol. The Morgan fingerprint density at radius 3 is 2.33 bits per heavy atom. The van der Waals surface area contributed by atoms with Gasteiger partial charge in [-0.1, -0.05) is 18.2 Å². The number of hydrogen-bond donors (Lipinski definition) is 2. The number of non-ortho nitro benzene ring substituents is 1. The SMILES string of the molecule is CCONc1cc([N+](=O)[O-])c2ccccc2c1NOCC. The van der Waals surface area contributed by atoms with E-state index in [9.17, 15) is 10.1 Å². The summed E-state index contributed by atoms with van der Waals surface area (Å²) >= 11 is 0. The Bertz CT molecular complexity index is 645. The molecule has 2 rings (SSSR count). The molecule has 0 spiro atoms. The zero-order chi connectivity index (χ0) is 15.2. The third kappa shape index (κ3) is 3.21. The molecule has 0 atom stereocenters. The van der Waals surface area contributed by atoms with E-state index in [2.05, 4.69) is 11.0 Å². The molecule has 2 N–H and O–H groups in total. The third-order valence-electron chi connectivity index (χ3n) is 2.86.